The minimum Gasteiger partial charge on any atom is -0.410 e. The first-order chi connectivity index (χ1) is 12.4. The molecule has 0 saturated carbocycles. The molecular weight excluding hydrogens is 328 g/mol. The fourth-order valence-electron chi connectivity index (χ4n) is 2.72. The Morgan fingerprint density at radius 2 is 1.85 bits per heavy atom. The molecule has 1 amide bonds. The largest absolute Gasteiger partial charge is 0.414 e. The number of aromatic nitrogens is 2. The number of hydrogen-bond acceptors (Lipinski definition) is 4. The van der Waals surface area contributed by atoms with Crippen molar-refractivity contribution in [2.24, 2.45) is 0 Å². The highest BCUT2D eigenvalue weighted by molar-refractivity contribution is 5.81. The van der Waals surface area contributed by atoms with Crippen molar-refractivity contribution < 1.29 is 9.53 Å². The number of nitrogen functional groups attached to an aromatic ring is 1. The number of aryl methyl sites for hydroxylation is 1. The van der Waals surface area contributed by atoms with Gasteiger partial charge in [0.05, 0.1) is 11.4 Å². The molecule has 3 aromatic rings. The first-order valence-corrected chi connectivity index (χ1v) is 8.28. The van der Waals surface area contributed by atoms with Gasteiger partial charge < -0.3 is 15.4 Å². The van der Waals surface area contributed by atoms with Crippen LogP contribution in [0.1, 0.15) is 11.1 Å². The van der Waals surface area contributed by atoms with E-state index in [9.17, 15) is 4.79 Å². The predicted octanol–water partition coefficient (Wildman–Crippen LogP) is 3.80. The molecule has 0 unspecified atom stereocenters. The molecule has 6 heteroatoms. The van der Waals surface area contributed by atoms with Crippen LogP contribution in [-0.2, 0) is 0 Å². The van der Waals surface area contributed by atoms with Gasteiger partial charge in [0.25, 0.3) is 0 Å². The van der Waals surface area contributed by atoms with E-state index < -0.39 is 6.09 Å². The lowest BCUT2D eigenvalue weighted by Gasteiger charge is -2.17. The first-order valence-electron chi connectivity index (χ1n) is 8.28. The number of carbonyl (C=O) groups excluding carboxylic acids is 1. The number of para-hydroxylation sites is 1. The van der Waals surface area contributed by atoms with Gasteiger partial charge >= 0.3 is 6.09 Å². The monoisotopic (exact) mass is 350 g/mol. The second-order valence-electron chi connectivity index (χ2n) is 6.35. The number of rotatable bonds is 3. The molecule has 0 spiro atoms. The smallest absolute Gasteiger partial charge is 0.410 e. The van der Waals surface area contributed by atoms with E-state index in [2.05, 4.69) is 5.10 Å². The van der Waals surface area contributed by atoms with Gasteiger partial charge in [-0.3, -0.25) is 0 Å². The Balaban J connectivity index is 2.00. The average Bonchev–Trinajstić information content (AvgIpc) is 3.12. The molecule has 2 aromatic carbocycles. The maximum atomic E-state index is 11.9. The maximum Gasteiger partial charge on any atom is 0.414 e. The van der Waals surface area contributed by atoms with Crippen molar-refractivity contribution >= 4 is 11.8 Å². The van der Waals surface area contributed by atoms with E-state index >= 15 is 0 Å². The van der Waals surface area contributed by atoms with Crippen LogP contribution in [0.5, 0.6) is 5.75 Å². The van der Waals surface area contributed by atoms with Crippen molar-refractivity contribution in [1.29, 1.82) is 0 Å². The SMILES string of the molecule is Cc1cc(-c2ccn(-c3ccccc3)n2)c(N)c(C)c1OC(=O)N(C)C. The van der Waals surface area contributed by atoms with Crippen LogP contribution < -0.4 is 10.5 Å². The highest BCUT2D eigenvalue weighted by Gasteiger charge is 2.18. The van der Waals surface area contributed by atoms with Gasteiger partial charge in [0.1, 0.15) is 5.75 Å². The fraction of sp³-hybridized carbons (Fsp3) is 0.200. The minimum atomic E-state index is -0.434. The third-order valence-corrected chi connectivity index (χ3v) is 4.19. The second-order valence-corrected chi connectivity index (χ2v) is 6.35. The average molecular weight is 350 g/mol. The zero-order valence-electron chi connectivity index (χ0n) is 15.4. The third kappa shape index (κ3) is 3.26. The number of anilines is 1. The van der Waals surface area contributed by atoms with Crippen LogP contribution in [0.25, 0.3) is 16.9 Å². The summed E-state index contributed by atoms with van der Waals surface area (Å²) in [5.74, 6) is 0.493. The number of nitrogens with zero attached hydrogens (tertiary/aromatic N) is 3. The van der Waals surface area contributed by atoms with Crippen LogP contribution in [0.2, 0.25) is 0 Å². The Bertz CT molecular complexity index is 946. The van der Waals surface area contributed by atoms with Gasteiger partial charge in [0, 0.05) is 37.1 Å². The van der Waals surface area contributed by atoms with Gasteiger partial charge in [-0.15, -0.1) is 0 Å². The molecule has 1 aromatic heterocycles. The molecule has 0 saturated heterocycles. The first kappa shape index (κ1) is 17.5. The summed E-state index contributed by atoms with van der Waals surface area (Å²) in [5.41, 5.74) is 11.0. The molecule has 26 heavy (non-hydrogen) atoms. The van der Waals surface area contributed by atoms with E-state index in [1.807, 2.05) is 62.5 Å². The zero-order valence-corrected chi connectivity index (χ0v) is 15.4. The summed E-state index contributed by atoms with van der Waals surface area (Å²) in [6.45, 7) is 3.74. The van der Waals surface area contributed by atoms with Crippen molar-refractivity contribution in [3.8, 4) is 22.7 Å². The van der Waals surface area contributed by atoms with Crippen molar-refractivity contribution in [1.82, 2.24) is 14.7 Å². The summed E-state index contributed by atoms with van der Waals surface area (Å²) < 4.78 is 7.27. The highest BCUT2D eigenvalue weighted by Crippen LogP contribution is 2.36. The van der Waals surface area contributed by atoms with E-state index in [0.717, 1.165) is 28.1 Å². The Morgan fingerprint density at radius 3 is 2.50 bits per heavy atom. The lowest BCUT2D eigenvalue weighted by Crippen LogP contribution is -2.26. The Hall–Kier alpha value is -3.28. The third-order valence-electron chi connectivity index (χ3n) is 4.19. The quantitative estimate of drug-likeness (QED) is 0.729. The Labute approximate surface area is 152 Å². The summed E-state index contributed by atoms with van der Waals surface area (Å²) in [4.78, 5) is 13.3. The molecule has 6 nitrogen and oxygen atoms in total. The summed E-state index contributed by atoms with van der Waals surface area (Å²) >= 11 is 0. The molecule has 0 fully saturated rings. The number of nitrogens with two attached hydrogens (primary N) is 1. The topological polar surface area (TPSA) is 73.4 Å². The molecule has 0 aliphatic carbocycles. The van der Waals surface area contributed by atoms with Gasteiger partial charge in [-0.05, 0) is 43.7 Å². The molecule has 3 rings (SSSR count). The van der Waals surface area contributed by atoms with Crippen LogP contribution in [0.4, 0.5) is 10.5 Å². The Kier molecular flexibility index (Phi) is 4.67. The highest BCUT2D eigenvalue weighted by atomic mass is 16.6. The van der Waals surface area contributed by atoms with Gasteiger partial charge in [-0.2, -0.15) is 5.10 Å². The van der Waals surface area contributed by atoms with E-state index in [-0.39, 0.29) is 0 Å². The summed E-state index contributed by atoms with van der Waals surface area (Å²) in [5, 5.41) is 4.63. The lowest BCUT2D eigenvalue weighted by atomic mass is 10.0. The normalized spacial score (nSPS) is 10.6. The van der Waals surface area contributed by atoms with Gasteiger partial charge in [0.15, 0.2) is 0 Å². The number of carbonyl (C=O) groups is 1. The molecule has 0 radical (unpaired) electrons. The molecule has 2 N–H and O–H groups in total. The zero-order chi connectivity index (χ0) is 18.8. The molecule has 0 aliphatic rings. The maximum absolute atomic E-state index is 11.9. The molecule has 1 heterocycles. The van der Waals surface area contributed by atoms with Crippen molar-refractivity contribution in [2.75, 3.05) is 19.8 Å². The van der Waals surface area contributed by atoms with E-state index in [1.165, 1.54) is 4.90 Å². The van der Waals surface area contributed by atoms with Gasteiger partial charge in [-0.1, -0.05) is 18.2 Å². The molecular formula is C20H22N4O2. The van der Waals surface area contributed by atoms with Crippen LogP contribution in [0.3, 0.4) is 0 Å². The molecule has 134 valence electrons. The standard InChI is InChI=1S/C20H22N4O2/c1-13-12-16(18(21)14(2)19(13)26-20(25)23(3)4)17-10-11-24(22-17)15-8-6-5-7-9-15/h5-12H,21H2,1-4H3. The summed E-state index contributed by atoms with van der Waals surface area (Å²) in [7, 11) is 3.28. The Morgan fingerprint density at radius 1 is 1.15 bits per heavy atom. The van der Waals surface area contributed by atoms with Crippen LogP contribution in [0.15, 0.2) is 48.7 Å². The fourth-order valence-corrected chi connectivity index (χ4v) is 2.72. The number of benzene rings is 2. The van der Waals surface area contributed by atoms with Gasteiger partial charge in [0.2, 0.25) is 0 Å². The van der Waals surface area contributed by atoms with Crippen LogP contribution >= 0.6 is 0 Å². The predicted molar refractivity (Wildman–Crippen MR) is 103 cm³/mol. The van der Waals surface area contributed by atoms with E-state index in [1.54, 1.807) is 18.8 Å². The molecule has 0 bridgehead atoms. The molecule has 0 atom stereocenters. The minimum absolute atomic E-state index is 0.434. The number of hydrogen-bond donors (Lipinski definition) is 1. The number of amides is 1. The summed E-state index contributed by atoms with van der Waals surface area (Å²) in [6.07, 6.45) is 1.46. The van der Waals surface area contributed by atoms with Gasteiger partial charge in [-0.25, -0.2) is 9.48 Å². The summed E-state index contributed by atoms with van der Waals surface area (Å²) in [6, 6.07) is 13.7. The lowest BCUT2D eigenvalue weighted by molar-refractivity contribution is 0.171. The van der Waals surface area contributed by atoms with Crippen LogP contribution in [0, 0.1) is 13.8 Å². The second kappa shape index (κ2) is 6.92. The van der Waals surface area contributed by atoms with E-state index in [4.69, 9.17) is 10.5 Å². The van der Waals surface area contributed by atoms with Crippen molar-refractivity contribution in [2.45, 2.75) is 13.8 Å². The molecule has 0 aliphatic heterocycles. The van der Waals surface area contributed by atoms with Crippen molar-refractivity contribution in [3.63, 3.8) is 0 Å². The van der Waals surface area contributed by atoms with E-state index in [0.29, 0.717) is 11.4 Å². The van der Waals surface area contributed by atoms with Crippen LogP contribution in [-0.4, -0.2) is 34.9 Å². The number of ether oxygens (including phenoxy) is 1. The van der Waals surface area contributed by atoms with Crippen molar-refractivity contribution in [3.05, 3.63) is 59.8 Å².